The molecule has 1 saturated heterocycles. The minimum atomic E-state index is -0.920. The van der Waals surface area contributed by atoms with Crippen molar-refractivity contribution in [1.29, 1.82) is 0 Å². The maximum atomic E-state index is 13.1. The van der Waals surface area contributed by atoms with Gasteiger partial charge < -0.3 is 20.3 Å². The van der Waals surface area contributed by atoms with E-state index in [1.54, 1.807) is 71.8 Å². The summed E-state index contributed by atoms with van der Waals surface area (Å²) in [5.41, 5.74) is 1.42. The number of hydrogen-bond donors (Lipinski definition) is 2. The highest BCUT2D eigenvalue weighted by molar-refractivity contribution is 6.30. The third kappa shape index (κ3) is 9.07. The van der Waals surface area contributed by atoms with Gasteiger partial charge >= 0.3 is 0 Å². The van der Waals surface area contributed by atoms with Crippen LogP contribution in [-0.4, -0.2) is 64.4 Å². The highest BCUT2D eigenvalue weighted by Crippen LogP contribution is 2.19. The Kier molecular flexibility index (Phi) is 10.5. The molecule has 0 bridgehead atoms. The lowest BCUT2D eigenvalue weighted by atomic mass is 10.1. The Bertz CT molecular complexity index is 1310. The maximum absolute atomic E-state index is 13.1. The van der Waals surface area contributed by atoms with Crippen LogP contribution >= 0.6 is 23.2 Å². The molecule has 40 heavy (non-hydrogen) atoms. The van der Waals surface area contributed by atoms with E-state index in [2.05, 4.69) is 20.6 Å². The monoisotopic (exact) mass is 581 g/mol. The summed E-state index contributed by atoms with van der Waals surface area (Å²) in [5.74, 6) is -0.638. The Balaban J connectivity index is 1.28. The first-order chi connectivity index (χ1) is 19.4. The molecule has 1 aromatic carbocycles. The smallest absolute Gasteiger partial charge is 0.244 e. The van der Waals surface area contributed by atoms with Gasteiger partial charge in [0.25, 0.3) is 0 Å². The highest BCUT2D eigenvalue weighted by Gasteiger charge is 2.26. The summed E-state index contributed by atoms with van der Waals surface area (Å²) in [4.78, 5) is 48.6. The Morgan fingerprint density at radius 3 is 2.42 bits per heavy atom. The third-order valence-electron chi connectivity index (χ3n) is 6.27. The molecule has 11 heteroatoms. The van der Waals surface area contributed by atoms with E-state index in [0.29, 0.717) is 47.6 Å². The van der Waals surface area contributed by atoms with Crippen molar-refractivity contribution < 1.29 is 19.1 Å². The van der Waals surface area contributed by atoms with Crippen molar-refractivity contribution in [2.24, 2.45) is 0 Å². The number of nitrogens with zero attached hydrogens (tertiary/aromatic N) is 3. The molecule has 0 saturated carbocycles. The topological polar surface area (TPSA) is 114 Å². The molecule has 0 radical (unpaired) electrons. The van der Waals surface area contributed by atoms with Crippen molar-refractivity contribution in [3.05, 3.63) is 94.4 Å². The van der Waals surface area contributed by atoms with Crippen LogP contribution in [0.15, 0.2) is 73.1 Å². The van der Waals surface area contributed by atoms with Gasteiger partial charge in [-0.15, -0.1) is 0 Å². The zero-order valence-electron chi connectivity index (χ0n) is 21.6. The second-order valence-corrected chi connectivity index (χ2v) is 10.1. The van der Waals surface area contributed by atoms with Crippen molar-refractivity contribution in [1.82, 2.24) is 25.5 Å². The fraction of sp³-hybridized carbons (Fsp3) is 0.276. The fourth-order valence-corrected chi connectivity index (χ4v) is 4.36. The first-order valence-electron chi connectivity index (χ1n) is 12.8. The quantitative estimate of drug-likeness (QED) is 0.353. The average Bonchev–Trinajstić information content (AvgIpc) is 2.97. The number of aromatic nitrogens is 2. The summed E-state index contributed by atoms with van der Waals surface area (Å²) in [6.07, 6.45) is 7.50. The molecule has 0 aliphatic carbocycles. The van der Waals surface area contributed by atoms with E-state index < -0.39 is 17.9 Å². The molecule has 1 aliphatic heterocycles. The molecule has 208 valence electrons. The van der Waals surface area contributed by atoms with Crippen molar-refractivity contribution in [3.63, 3.8) is 0 Å². The number of pyridine rings is 2. The Morgan fingerprint density at radius 1 is 1.00 bits per heavy atom. The van der Waals surface area contributed by atoms with Gasteiger partial charge in [0.1, 0.15) is 12.1 Å². The summed E-state index contributed by atoms with van der Waals surface area (Å²) >= 11 is 11.8. The minimum absolute atomic E-state index is 0.0637. The first kappa shape index (κ1) is 29.0. The molecule has 9 nitrogen and oxygen atoms in total. The van der Waals surface area contributed by atoms with Crippen LogP contribution in [0, 0.1) is 0 Å². The number of halogens is 2. The van der Waals surface area contributed by atoms with Crippen LogP contribution in [0.25, 0.3) is 6.08 Å². The van der Waals surface area contributed by atoms with Crippen molar-refractivity contribution >= 4 is 47.0 Å². The molecule has 2 aromatic heterocycles. The second-order valence-electron chi connectivity index (χ2n) is 9.20. The zero-order chi connectivity index (χ0) is 28.3. The predicted molar refractivity (Wildman–Crippen MR) is 153 cm³/mol. The lowest BCUT2D eigenvalue weighted by molar-refractivity contribution is -0.135. The van der Waals surface area contributed by atoms with Gasteiger partial charge in [-0.25, -0.2) is 4.98 Å². The number of hydrogen-bond acceptors (Lipinski definition) is 6. The highest BCUT2D eigenvalue weighted by atomic mass is 35.5. The Hall–Kier alpha value is -3.95. The molecule has 4 rings (SSSR count). The number of rotatable bonds is 10. The number of nitrogens with one attached hydrogen (secondary N) is 2. The van der Waals surface area contributed by atoms with E-state index in [4.69, 9.17) is 27.9 Å². The number of ether oxygens (including phenoxy) is 1. The van der Waals surface area contributed by atoms with E-state index in [0.717, 1.165) is 5.56 Å². The predicted octanol–water partition coefficient (Wildman–Crippen LogP) is 3.71. The summed E-state index contributed by atoms with van der Waals surface area (Å²) in [5, 5.41) is 6.53. The number of benzene rings is 1. The lowest BCUT2D eigenvalue weighted by Crippen LogP contribution is -2.51. The Morgan fingerprint density at radius 2 is 1.75 bits per heavy atom. The van der Waals surface area contributed by atoms with Gasteiger partial charge in [0.15, 0.2) is 0 Å². The number of carbonyl (C=O) groups is 3. The number of amides is 3. The standard InChI is InChI=1S/C29H29Cl2N5O4/c30-21-7-4-20(5-8-21)6-10-26(37)35-25(17-23-3-1-2-14-32-23)29(39)34-19-28(38)36-15-12-24(13-16-36)40-27-11-9-22(31)18-33-27/h1-11,14,18,24-25H,12-13,15-17,19H2,(H,34,39)(H,35,37)/b10-6+/t25-/m0/s1. The fourth-order valence-electron chi connectivity index (χ4n) is 4.13. The summed E-state index contributed by atoms with van der Waals surface area (Å²) in [7, 11) is 0. The van der Waals surface area contributed by atoms with Crippen LogP contribution in [0.4, 0.5) is 0 Å². The van der Waals surface area contributed by atoms with Crippen LogP contribution in [-0.2, 0) is 20.8 Å². The lowest BCUT2D eigenvalue weighted by Gasteiger charge is -2.32. The van der Waals surface area contributed by atoms with Crippen molar-refractivity contribution in [2.75, 3.05) is 19.6 Å². The molecule has 1 atom stereocenters. The van der Waals surface area contributed by atoms with E-state index in [1.165, 1.54) is 12.3 Å². The number of piperidine rings is 1. The average molecular weight is 582 g/mol. The summed E-state index contributed by atoms with van der Waals surface area (Å²) in [6.45, 7) is 0.811. The molecular formula is C29H29Cl2N5O4. The third-order valence-corrected chi connectivity index (χ3v) is 6.74. The summed E-state index contributed by atoms with van der Waals surface area (Å²) < 4.78 is 5.88. The molecule has 2 N–H and O–H groups in total. The minimum Gasteiger partial charge on any atom is -0.474 e. The molecule has 3 aromatic rings. The second kappa shape index (κ2) is 14.4. The van der Waals surface area contributed by atoms with E-state index in [1.807, 2.05) is 0 Å². The van der Waals surface area contributed by atoms with Gasteiger partial charge in [0.05, 0.1) is 11.6 Å². The molecular weight excluding hydrogens is 553 g/mol. The van der Waals surface area contributed by atoms with Gasteiger partial charge in [-0.3, -0.25) is 19.4 Å². The first-order valence-corrected chi connectivity index (χ1v) is 13.6. The van der Waals surface area contributed by atoms with E-state index in [-0.39, 0.29) is 25.0 Å². The zero-order valence-corrected chi connectivity index (χ0v) is 23.1. The van der Waals surface area contributed by atoms with Crippen LogP contribution in [0.5, 0.6) is 5.88 Å². The molecule has 1 aliphatic rings. The van der Waals surface area contributed by atoms with E-state index in [9.17, 15) is 14.4 Å². The molecule has 0 unspecified atom stereocenters. The van der Waals surface area contributed by atoms with Crippen molar-refractivity contribution in [3.8, 4) is 5.88 Å². The van der Waals surface area contributed by atoms with Crippen LogP contribution < -0.4 is 15.4 Å². The summed E-state index contributed by atoms with van der Waals surface area (Å²) in [6, 6.07) is 14.8. The van der Waals surface area contributed by atoms with Gasteiger partial charge in [0.2, 0.25) is 23.6 Å². The van der Waals surface area contributed by atoms with Crippen LogP contribution in [0.1, 0.15) is 24.1 Å². The van der Waals surface area contributed by atoms with Crippen LogP contribution in [0.3, 0.4) is 0 Å². The normalized spacial score (nSPS) is 14.5. The molecule has 0 spiro atoms. The largest absolute Gasteiger partial charge is 0.474 e. The number of carbonyl (C=O) groups excluding carboxylic acids is 3. The van der Waals surface area contributed by atoms with E-state index >= 15 is 0 Å². The maximum Gasteiger partial charge on any atom is 0.244 e. The van der Waals surface area contributed by atoms with Gasteiger partial charge in [0, 0.05) is 67.6 Å². The molecule has 1 fully saturated rings. The van der Waals surface area contributed by atoms with Gasteiger partial charge in [-0.1, -0.05) is 41.4 Å². The Labute approximate surface area is 242 Å². The molecule has 3 amide bonds. The SMILES string of the molecule is O=C(/C=C/c1ccc(Cl)cc1)N[C@@H](Cc1ccccn1)C(=O)NCC(=O)N1CCC(Oc2ccc(Cl)cn2)CC1. The molecule has 3 heterocycles. The number of likely N-dealkylation sites (tertiary alicyclic amines) is 1. The van der Waals surface area contributed by atoms with Gasteiger partial charge in [-0.2, -0.15) is 0 Å². The van der Waals surface area contributed by atoms with Crippen LogP contribution in [0.2, 0.25) is 10.0 Å². The van der Waals surface area contributed by atoms with Crippen molar-refractivity contribution in [2.45, 2.75) is 31.4 Å². The van der Waals surface area contributed by atoms with Gasteiger partial charge in [-0.05, 0) is 42.0 Å².